The Morgan fingerprint density at radius 1 is 1.16 bits per heavy atom. The van der Waals surface area contributed by atoms with E-state index in [9.17, 15) is 19.5 Å². The first-order chi connectivity index (χ1) is 15.0. The number of ether oxygens (including phenoxy) is 1. The van der Waals surface area contributed by atoms with Crippen LogP contribution in [0.2, 0.25) is 0 Å². The van der Waals surface area contributed by atoms with Gasteiger partial charge in [-0.1, -0.05) is 18.2 Å². The SMILES string of the molecule is COc1ccc(C(=O)O)cc1CC1CCN(C(=O)c2cc(=O)n(-c3ccccc3)[nH]2)C1. The molecule has 0 radical (unpaired) electrons. The van der Waals surface area contributed by atoms with E-state index in [1.807, 2.05) is 18.2 Å². The van der Waals surface area contributed by atoms with Crippen molar-refractivity contribution in [3.05, 3.63) is 81.8 Å². The van der Waals surface area contributed by atoms with Gasteiger partial charge in [0.1, 0.15) is 11.4 Å². The van der Waals surface area contributed by atoms with Gasteiger partial charge in [0.2, 0.25) is 0 Å². The zero-order valence-electron chi connectivity index (χ0n) is 17.1. The molecular weight excluding hydrogens is 398 g/mol. The molecule has 160 valence electrons. The lowest BCUT2D eigenvalue weighted by molar-refractivity contribution is 0.0696. The van der Waals surface area contributed by atoms with Gasteiger partial charge in [-0.3, -0.25) is 14.7 Å². The summed E-state index contributed by atoms with van der Waals surface area (Å²) in [6.45, 7) is 1.10. The normalized spacial score (nSPS) is 15.8. The van der Waals surface area contributed by atoms with Crippen molar-refractivity contribution in [1.82, 2.24) is 14.7 Å². The van der Waals surface area contributed by atoms with Crippen molar-refractivity contribution in [3.8, 4) is 11.4 Å². The predicted octanol–water partition coefficient (Wildman–Crippen LogP) is 2.58. The number of carbonyl (C=O) groups excluding carboxylic acids is 1. The number of benzene rings is 2. The van der Waals surface area contributed by atoms with E-state index in [2.05, 4.69) is 5.10 Å². The Balaban J connectivity index is 1.47. The van der Waals surface area contributed by atoms with Gasteiger partial charge in [0.25, 0.3) is 11.5 Å². The fraction of sp³-hybridized carbons (Fsp3) is 0.261. The third-order valence-corrected chi connectivity index (χ3v) is 5.57. The molecule has 1 saturated heterocycles. The maximum absolute atomic E-state index is 12.9. The Kier molecular flexibility index (Phi) is 5.62. The average molecular weight is 421 g/mol. The Bertz CT molecular complexity index is 1170. The Hall–Kier alpha value is -3.81. The summed E-state index contributed by atoms with van der Waals surface area (Å²) in [6.07, 6.45) is 1.39. The molecule has 31 heavy (non-hydrogen) atoms. The van der Waals surface area contributed by atoms with Crippen molar-refractivity contribution in [2.75, 3.05) is 20.2 Å². The van der Waals surface area contributed by atoms with Crippen molar-refractivity contribution in [2.24, 2.45) is 5.92 Å². The lowest BCUT2D eigenvalue weighted by atomic mass is 9.96. The second-order valence-corrected chi connectivity index (χ2v) is 7.62. The number of aromatic nitrogens is 2. The number of aromatic carboxylic acids is 1. The molecule has 8 heteroatoms. The Morgan fingerprint density at radius 3 is 2.65 bits per heavy atom. The van der Waals surface area contributed by atoms with E-state index in [1.54, 1.807) is 36.3 Å². The number of nitrogens with zero attached hydrogens (tertiary/aromatic N) is 2. The van der Waals surface area contributed by atoms with Crippen molar-refractivity contribution in [3.63, 3.8) is 0 Å². The van der Waals surface area contributed by atoms with Gasteiger partial charge in [-0.2, -0.15) is 0 Å². The number of rotatable bonds is 6. The molecule has 0 aliphatic carbocycles. The lowest BCUT2D eigenvalue weighted by Crippen LogP contribution is -2.29. The summed E-state index contributed by atoms with van der Waals surface area (Å²) in [6, 6.07) is 15.2. The number of nitrogens with one attached hydrogen (secondary N) is 1. The van der Waals surface area contributed by atoms with Crippen molar-refractivity contribution in [1.29, 1.82) is 0 Å². The minimum atomic E-state index is -0.987. The molecule has 1 fully saturated rings. The van der Waals surface area contributed by atoms with E-state index in [1.165, 1.54) is 16.8 Å². The zero-order chi connectivity index (χ0) is 22.0. The minimum absolute atomic E-state index is 0.171. The highest BCUT2D eigenvalue weighted by Crippen LogP contribution is 2.28. The summed E-state index contributed by atoms with van der Waals surface area (Å²) in [5.74, 6) is -0.400. The van der Waals surface area contributed by atoms with Crippen LogP contribution >= 0.6 is 0 Å². The molecule has 8 nitrogen and oxygen atoms in total. The second kappa shape index (κ2) is 8.51. The number of H-pyrrole nitrogens is 1. The first-order valence-corrected chi connectivity index (χ1v) is 10.0. The van der Waals surface area contributed by atoms with Gasteiger partial charge in [-0.25, -0.2) is 9.48 Å². The highest BCUT2D eigenvalue weighted by atomic mass is 16.5. The molecular formula is C23H23N3O5. The van der Waals surface area contributed by atoms with Crippen LogP contribution in [-0.4, -0.2) is 51.9 Å². The Morgan fingerprint density at radius 2 is 1.94 bits per heavy atom. The molecule has 1 aliphatic rings. The average Bonchev–Trinajstić information content (AvgIpc) is 3.40. The highest BCUT2D eigenvalue weighted by Gasteiger charge is 2.29. The molecule has 4 rings (SSSR count). The quantitative estimate of drug-likeness (QED) is 0.637. The van der Waals surface area contributed by atoms with Crippen molar-refractivity contribution < 1.29 is 19.4 Å². The van der Waals surface area contributed by atoms with E-state index in [-0.39, 0.29) is 28.6 Å². The molecule has 2 N–H and O–H groups in total. The van der Waals surface area contributed by atoms with Gasteiger partial charge >= 0.3 is 5.97 Å². The van der Waals surface area contributed by atoms with Crippen molar-refractivity contribution in [2.45, 2.75) is 12.8 Å². The van der Waals surface area contributed by atoms with Gasteiger partial charge < -0.3 is 14.7 Å². The van der Waals surface area contributed by atoms with Crippen LogP contribution in [-0.2, 0) is 6.42 Å². The number of carboxylic acid groups (broad SMARTS) is 1. The van der Waals surface area contributed by atoms with Crippen LogP contribution in [0.3, 0.4) is 0 Å². The molecule has 2 heterocycles. The molecule has 0 spiro atoms. The number of likely N-dealkylation sites (tertiary alicyclic amines) is 1. The number of carboxylic acids is 1. The summed E-state index contributed by atoms with van der Waals surface area (Å²) in [7, 11) is 1.55. The highest BCUT2D eigenvalue weighted by molar-refractivity contribution is 5.92. The standard InChI is InChI=1S/C23H23N3O5/c1-31-20-8-7-16(23(29)30)12-17(20)11-15-9-10-25(14-15)22(28)19-13-21(27)26(24-19)18-5-3-2-4-6-18/h2-8,12-13,15,24H,9-11,14H2,1H3,(H,29,30). The van der Waals surface area contributed by atoms with Crippen molar-refractivity contribution >= 4 is 11.9 Å². The van der Waals surface area contributed by atoms with Crippen LogP contribution in [0.25, 0.3) is 5.69 Å². The van der Waals surface area contributed by atoms with E-state index < -0.39 is 5.97 Å². The number of para-hydroxylation sites is 1. The summed E-state index contributed by atoms with van der Waals surface area (Å²) >= 11 is 0. The third-order valence-electron chi connectivity index (χ3n) is 5.57. The number of hydrogen-bond acceptors (Lipinski definition) is 4. The number of aromatic amines is 1. The monoisotopic (exact) mass is 421 g/mol. The Labute approximate surface area is 178 Å². The van der Waals surface area contributed by atoms with Gasteiger partial charge in [-0.05, 0) is 54.7 Å². The topological polar surface area (TPSA) is 105 Å². The second-order valence-electron chi connectivity index (χ2n) is 7.62. The summed E-state index contributed by atoms with van der Waals surface area (Å²) in [4.78, 5) is 38.3. The van der Waals surface area contributed by atoms with Crippen LogP contribution in [0.5, 0.6) is 5.75 Å². The first kappa shape index (κ1) is 20.5. The predicted molar refractivity (Wildman–Crippen MR) is 114 cm³/mol. The van der Waals surface area contributed by atoms with Gasteiger partial charge in [-0.15, -0.1) is 0 Å². The molecule has 1 aliphatic heterocycles. The molecule has 1 aromatic heterocycles. The molecule has 0 bridgehead atoms. The maximum Gasteiger partial charge on any atom is 0.335 e. The van der Waals surface area contributed by atoms with Crippen LogP contribution in [0.4, 0.5) is 0 Å². The van der Waals surface area contributed by atoms with E-state index in [0.29, 0.717) is 30.9 Å². The number of methoxy groups -OCH3 is 1. The fourth-order valence-electron chi connectivity index (χ4n) is 4.01. The number of amides is 1. The first-order valence-electron chi connectivity index (χ1n) is 10.0. The smallest absolute Gasteiger partial charge is 0.335 e. The zero-order valence-corrected chi connectivity index (χ0v) is 17.1. The van der Waals surface area contributed by atoms with E-state index in [4.69, 9.17) is 4.74 Å². The fourth-order valence-corrected chi connectivity index (χ4v) is 4.01. The number of carbonyl (C=O) groups is 2. The minimum Gasteiger partial charge on any atom is -0.496 e. The van der Waals surface area contributed by atoms with Crippen LogP contribution < -0.4 is 10.3 Å². The van der Waals surface area contributed by atoms with Gasteiger partial charge in [0.05, 0.1) is 18.4 Å². The van der Waals surface area contributed by atoms with Gasteiger partial charge in [0, 0.05) is 19.2 Å². The summed E-state index contributed by atoms with van der Waals surface area (Å²) in [5.41, 5.74) is 1.64. The van der Waals surface area contributed by atoms with E-state index >= 15 is 0 Å². The molecule has 1 unspecified atom stereocenters. The molecule has 1 amide bonds. The van der Waals surface area contributed by atoms with Crippen LogP contribution in [0.15, 0.2) is 59.4 Å². The van der Waals surface area contributed by atoms with Crippen LogP contribution in [0, 0.1) is 5.92 Å². The number of hydrogen-bond donors (Lipinski definition) is 2. The summed E-state index contributed by atoms with van der Waals surface area (Å²) in [5, 5.41) is 12.2. The largest absolute Gasteiger partial charge is 0.496 e. The third kappa shape index (κ3) is 4.23. The molecule has 0 saturated carbocycles. The summed E-state index contributed by atoms with van der Waals surface area (Å²) < 4.78 is 6.73. The lowest BCUT2D eigenvalue weighted by Gasteiger charge is -2.17. The van der Waals surface area contributed by atoms with Crippen LogP contribution in [0.1, 0.15) is 32.8 Å². The van der Waals surface area contributed by atoms with Gasteiger partial charge in [0.15, 0.2) is 0 Å². The maximum atomic E-state index is 12.9. The molecule has 3 aromatic rings. The molecule has 2 aromatic carbocycles. The van der Waals surface area contributed by atoms with E-state index in [0.717, 1.165) is 12.0 Å². The molecule has 1 atom stereocenters.